The molecular weight excluding hydrogens is 263 g/mol. The molecule has 2 N–H and O–H groups in total. The van der Waals surface area contributed by atoms with Gasteiger partial charge in [0.2, 0.25) is 0 Å². The number of hydrogen-bond donors (Lipinski definition) is 2. The SMILES string of the molecule is COc1ccc2c(c1)C(NC(=O)C(F)(F)F)C[C@@H]2O. The van der Waals surface area contributed by atoms with E-state index < -0.39 is 24.2 Å². The Morgan fingerprint density at radius 1 is 1.42 bits per heavy atom. The highest BCUT2D eigenvalue weighted by molar-refractivity contribution is 5.82. The molecule has 1 aliphatic carbocycles. The number of fused-ring (bicyclic) bond motifs is 1. The van der Waals surface area contributed by atoms with Gasteiger partial charge < -0.3 is 15.2 Å². The average molecular weight is 275 g/mol. The Morgan fingerprint density at radius 2 is 2.11 bits per heavy atom. The third-order valence-corrected chi connectivity index (χ3v) is 3.05. The number of carbonyl (C=O) groups excluding carboxylic acids is 1. The molecular formula is C12H12F3NO3. The van der Waals surface area contributed by atoms with Crippen LogP contribution in [0.1, 0.15) is 29.7 Å². The van der Waals surface area contributed by atoms with Crippen molar-refractivity contribution in [2.45, 2.75) is 24.7 Å². The van der Waals surface area contributed by atoms with Crippen LogP contribution in [-0.4, -0.2) is 24.3 Å². The molecule has 2 atom stereocenters. The summed E-state index contributed by atoms with van der Waals surface area (Å²) >= 11 is 0. The van der Waals surface area contributed by atoms with Crippen molar-refractivity contribution >= 4 is 5.91 Å². The molecule has 104 valence electrons. The Bertz CT molecular complexity index is 501. The minimum atomic E-state index is -4.94. The van der Waals surface area contributed by atoms with Crippen molar-refractivity contribution in [3.63, 3.8) is 0 Å². The lowest BCUT2D eigenvalue weighted by molar-refractivity contribution is -0.174. The highest BCUT2D eigenvalue weighted by atomic mass is 19.4. The summed E-state index contributed by atoms with van der Waals surface area (Å²) < 4.78 is 41.6. The third kappa shape index (κ3) is 2.65. The monoisotopic (exact) mass is 275 g/mol. The van der Waals surface area contributed by atoms with Crippen LogP contribution in [0.5, 0.6) is 5.75 Å². The van der Waals surface area contributed by atoms with Crippen LogP contribution in [0.4, 0.5) is 13.2 Å². The molecule has 0 radical (unpaired) electrons. The van der Waals surface area contributed by atoms with Crippen LogP contribution in [0.25, 0.3) is 0 Å². The zero-order chi connectivity index (χ0) is 14.2. The van der Waals surface area contributed by atoms with Crippen molar-refractivity contribution in [1.29, 1.82) is 0 Å². The van der Waals surface area contributed by atoms with Crippen LogP contribution in [0.3, 0.4) is 0 Å². The number of methoxy groups -OCH3 is 1. The lowest BCUT2D eigenvalue weighted by Gasteiger charge is -2.15. The summed E-state index contributed by atoms with van der Waals surface area (Å²) in [7, 11) is 1.43. The van der Waals surface area contributed by atoms with Crippen molar-refractivity contribution in [3.8, 4) is 5.75 Å². The molecule has 7 heteroatoms. The molecule has 1 unspecified atom stereocenters. The summed E-state index contributed by atoms with van der Waals surface area (Å²) in [5.74, 6) is -1.56. The molecule has 0 saturated heterocycles. The Hall–Kier alpha value is -1.76. The van der Waals surface area contributed by atoms with E-state index in [1.807, 2.05) is 5.32 Å². The summed E-state index contributed by atoms with van der Waals surface area (Å²) in [6.07, 6.45) is -5.81. The van der Waals surface area contributed by atoms with E-state index in [1.165, 1.54) is 13.2 Å². The van der Waals surface area contributed by atoms with E-state index in [9.17, 15) is 23.1 Å². The van der Waals surface area contributed by atoms with Crippen LogP contribution in [-0.2, 0) is 4.79 Å². The fourth-order valence-corrected chi connectivity index (χ4v) is 2.14. The van der Waals surface area contributed by atoms with E-state index in [4.69, 9.17) is 4.74 Å². The quantitative estimate of drug-likeness (QED) is 0.866. The van der Waals surface area contributed by atoms with Crippen LogP contribution in [0, 0.1) is 0 Å². The van der Waals surface area contributed by atoms with Gasteiger partial charge in [0.25, 0.3) is 0 Å². The fraction of sp³-hybridized carbons (Fsp3) is 0.417. The van der Waals surface area contributed by atoms with Gasteiger partial charge in [-0.1, -0.05) is 6.07 Å². The average Bonchev–Trinajstić information content (AvgIpc) is 2.64. The number of hydrogen-bond acceptors (Lipinski definition) is 3. The topological polar surface area (TPSA) is 58.6 Å². The summed E-state index contributed by atoms with van der Waals surface area (Å²) in [6, 6.07) is 3.84. The smallest absolute Gasteiger partial charge is 0.471 e. The lowest BCUT2D eigenvalue weighted by atomic mass is 10.1. The number of nitrogens with one attached hydrogen (secondary N) is 1. The highest BCUT2D eigenvalue weighted by Crippen LogP contribution is 2.40. The molecule has 0 saturated carbocycles. The number of halogens is 3. The molecule has 1 amide bonds. The van der Waals surface area contributed by atoms with Gasteiger partial charge in [0, 0.05) is 6.42 Å². The Labute approximate surface area is 107 Å². The van der Waals surface area contributed by atoms with E-state index >= 15 is 0 Å². The minimum absolute atomic E-state index is 0.0182. The Balaban J connectivity index is 2.25. The van der Waals surface area contributed by atoms with Crippen molar-refractivity contribution in [2.75, 3.05) is 7.11 Å². The van der Waals surface area contributed by atoms with Crippen LogP contribution in [0.15, 0.2) is 18.2 Å². The second-order valence-electron chi connectivity index (χ2n) is 4.27. The van der Waals surface area contributed by atoms with E-state index in [1.54, 1.807) is 12.1 Å². The molecule has 1 aromatic rings. The van der Waals surface area contributed by atoms with Crippen LogP contribution < -0.4 is 10.1 Å². The minimum Gasteiger partial charge on any atom is -0.497 e. The molecule has 0 fully saturated rings. The normalized spacial score (nSPS) is 21.9. The second kappa shape index (κ2) is 4.73. The van der Waals surface area contributed by atoms with E-state index in [0.29, 0.717) is 16.9 Å². The molecule has 1 aliphatic rings. The first-order valence-electron chi connectivity index (χ1n) is 5.56. The molecule has 0 bridgehead atoms. The van der Waals surface area contributed by atoms with Gasteiger partial charge in [0.1, 0.15) is 5.75 Å². The van der Waals surface area contributed by atoms with Gasteiger partial charge in [-0.05, 0) is 23.3 Å². The zero-order valence-electron chi connectivity index (χ0n) is 9.99. The molecule has 0 spiro atoms. The molecule has 1 aromatic carbocycles. The summed E-state index contributed by atoms with van der Waals surface area (Å²) in [5, 5.41) is 11.6. The number of ether oxygens (including phenoxy) is 1. The van der Waals surface area contributed by atoms with Gasteiger partial charge in [-0.3, -0.25) is 4.79 Å². The largest absolute Gasteiger partial charge is 0.497 e. The van der Waals surface area contributed by atoms with Gasteiger partial charge in [0.05, 0.1) is 19.3 Å². The summed E-state index contributed by atoms with van der Waals surface area (Å²) in [6.45, 7) is 0. The van der Waals surface area contributed by atoms with E-state index in [-0.39, 0.29) is 6.42 Å². The maximum atomic E-state index is 12.2. The van der Waals surface area contributed by atoms with Gasteiger partial charge in [-0.15, -0.1) is 0 Å². The first-order valence-corrected chi connectivity index (χ1v) is 5.56. The van der Waals surface area contributed by atoms with Gasteiger partial charge in [0.15, 0.2) is 0 Å². The molecule has 4 nitrogen and oxygen atoms in total. The van der Waals surface area contributed by atoms with Gasteiger partial charge >= 0.3 is 12.1 Å². The first-order chi connectivity index (χ1) is 8.82. The van der Waals surface area contributed by atoms with Crippen molar-refractivity contribution in [2.24, 2.45) is 0 Å². The van der Waals surface area contributed by atoms with E-state index in [2.05, 4.69) is 0 Å². The second-order valence-corrected chi connectivity index (χ2v) is 4.27. The molecule has 0 aromatic heterocycles. The van der Waals surface area contributed by atoms with Crippen molar-refractivity contribution < 1.29 is 27.8 Å². The van der Waals surface area contributed by atoms with Gasteiger partial charge in [-0.25, -0.2) is 0 Å². The Morgan fingerprint density at radius 3 is 2.68 bits per heavy atom. The van der Waals surface area contributed by atoms with Crippen molar-refractivity contribution in [3.05, 3.63) is 29.3 Å². The predicted octanol–water partition coefficient (Wildman–Crippen LogP) is 1.85. The molecule has 0 aliphatic heterocycles. The number of alkyl halides is 3. The Kier molecular flexibility index (Phi) is 3.40. The first kappa shape index (κ1) is 13.7. The highest BCUT2D eigenvalue weighted by Gasteiger charge is 2.42. The van der Waals surface area contributed by atoms with Crippen molar-refractivity contribution in [1.82, 2.24) is 5.32 Å². The predicted molar refractivity (Wildman–Crippen MR) is 59.5 cm³/mol. The van der Waals surface area contributed by atoms with Crippen LogP contribution >= 0.6 is 0 Å². The van der Waals surface area contributed by atoms with Crippen LogP contribution in [0.2, 0.25) is 0 Å². The maximum absolute atomic E-state index is 12.2. The number of amides is 1. The maximum Gasteiger partial charge on any atom is 0.471 e. The molecule has 2 rings (SSSR count). The summed E-state index contributed by atoms with van der Waals surface area (Å²) in [4.78, 5) is 10.9. The number of aliphatic hydroxyl groups is 1. The number of benzene rings is 1. The zero-order valence-corrected chi connectivity index (χ0v) is 9.99. The standard InChI is InChI=1S/C12H12F3NO3/c1-19-6-2-3-7-8(4-6)9(5-10(7)17)16-11(18)12(13,14)15/h2-4,9-10,17H,5H2,1H3,(H,16,18)/t9?,10-/m0/s1. The number of aliphatic hydroxyl groups excluding tert-OH is 1. The van der Waals surface area contributed by atoms with Gasteiger partial charge in [-0.2, -0.15) is 13.2 Å². The summed E-state index contributed by atoms with van der Waals surface area (Å²) in [5.41, 5.74) is 0.956. The number of rotatable bonds is 2. The number of carbonyl (C=O) groups is 1. The molecule has 0 heterocycles. The molecule has 19 heavy (non-hydrogen) atoms. The third-order valence-electron chi connectivity index (χ3n) is 3.05. The fourth-order valence-electron chi connectivity index (χ4n) is 2.14. The van der Waals surface area contributed by atoms with E-state index in [0.717, 1.165) is 0 Å². The lowest BCUT2D eigenvalue weighted by Crippen LogP contribution is -2.38.